The molecule has 22 heavy (non-hydrogen) atoms. The SMILES string of the molecule is CCC(=O)c1ccc(OCC(=O)c2ccc(C)c(C)c2)cc1. The maximum atomic E-state index is 12.1. The van der Waals surface area contributed by atoms with Crippen molar-refractivity contribution < 1.29 is 14.3 Å². The van der Waals surface area contributed by atoms with Crippen molar-refractivity contribution >= 4 is 11.6 Å². The van der Waals surface area contributed by atoms with E-state index in [1.807, 2.05) is 39.0 Å². The number of hydrogen-bond acceptors (Lipinski definition) is 3. The van der Waals surface area contributed by atoms with Gasteiger partial charge in [-0.05, 0) is 55.3 Å². The molecule has 3 heteroatoms. The van der Waals surface area contributed by atoms with Crippen LogP contribution < -0.4 is 4.74 Å². The third kappa shape index (κ3) is 3.82. The zero-order valence-electron chi connectivity index (χ0n) is 13.2. The largest absolute Gasteiger partial charge is 0.485 e. The van der Waals surface area contributed by atoms with Crippen molar-refractivity contribution in [2.24, 2.45) is 0 Å². The van der Waals surface area contributed by atoms with Crippen molar-refractivity contribution in [3.63, 3.8) is 0 Å². The zero-order valence-corrected chi connectivity index (χ0v) is 13.2. The Morgan fingerprint density at radius 3 is 2.09 bits per heavy atom. The summed E-state index contributed by atoms with van der Waals surface area (Å²) in [5.74, 6) is 0.624. The standard InChI is InChI=1S/C19H20O3/c1-4-18(20)15-7-9-17(10-8-15)22-12-19(21)16-6-5-13(2)14(3)11-16/h5-11H,4,12H2,1-3H3. The molecular weight excluding hydrogens is 276 g/mol. The van der Waals surface area contributed by atoms with Gasteiger partial charge in [0.15, 0.2) is 18.2 Å². The number of ether oxygens (including phenoxy) is 1. The van der Waals surface area contributed by atoms with Crippen LogP contribution in [0.25, 0.3) is 0 Å². The smallest absolute Gasteiger partial charge is 0.200 e. The average Bonchev–Trinajstić information content (AvgIpc) is 2.54. The fraction of sp³-hybridized carbons (Fsp3) is 0.263. The number of benzene rings is 2. The summed E-state index contributed by atoms with van der Waals surface area (Å²) in [6.07, 6.45) is 0.478. The molecule has 0 N–H and O–H groups in total. The van der Waals surface area contributed by atoms with Crippen LogP contribution in [0.5, 0.6) is 5.75 Å². The number of ketones is 2. The molecule has 0 fully saturated rings. The lowest BCUT2D eigenvalue weighted by atomic mass is 10.0. The van der Waals surface area contributed by atoms with Crippen molar-refractivity contribution in [2.45, 2.75) is 27.2 Å². The predicted octanol–water partition coefficient (Wildman–Crippen LogP) is 4.16. The lowest BCUT2D eigenvalue weighted by Gasteiger charge is -2.08. The Morgan fingerprint density at radius 2 is 1.50 bits per heavy atom. The number of rotatable bonds is 6. The minimum absolute atomic E-state index is 0.0103. The summed E-state index contributed by atoms with van der Waals surface area (Å²) in [7, 11) is 0. The lowest BCUT2D eigenvalue weighted by Crippen LogP contribution is -2.12. The molecule has 0 amide bonds. The summed E-state index contributed by atoms with van der Waals surface area (Å²) in [6.45, 7) is 5.81. The molecule has 0 atom stereocenters. The average molecular weight is 296 g/mol. The van der Waals surface area contributed by atoms with Crippen LogP contribution in [0.3, 0.4) is 0 Å². The van der Waals surface area contributed by atoms with E-state index >= 15 is 0 Å². The van der Waals surface area contributed by atoms with Gasteiger partial charge in [0, 0.05) is 17.5 Å². The molecule has 0 aromatic heterocycles. The normalized spacial score (nSPS) is 10.3. The Labute approximate surface area is 130 Å². The maximum Gasteiger partial charge on any atom is 0.200 e. The molecule has 0 radical (unpaired) electrons. The van der Waals surface area contributed by atoms with Crippen LogP contribution >= 0.6 is 0 Å². The van der Waals surface area contributed by atoms with E-state index in [1.165, 1.54) is 0 Å². The van der Waals surface area contributed by atoms with Gasteiger partial charge in [0.1, 0.15) is 5.75 Å². The molecule has 0 saturated carbocycles. The Hall–Kier alpha value is -2.42. The Bertz CT molecular complexity index is 684. The van der Waals surface area contributed by atoms with E-state index in [0.717, 1.165) is 11.1 Å². The molecule has 2 aromatic carbocycles. The number of hydrogen-bond donors (Lipinski definition) is 0. The number of carbonyl (C=O) groups is 2. The monoisotopic (exact) mass is 296 g/mol. The van der Waals surface area contributed by atoms with Gasteiger partial charge in [-0.2, -0.15) is 0 Å². The van der Waals surface area contributed by atoms with Gasteiger partial charge < -0.3 is 4.74 Å². The fourth-order valence-corrected chi connectivity index (χ4v) is 2.09. The first kappa shape index (κ1) is 16.0. The Morgan fingerprint density at radius 1 is 0.864 bits per heavy atom. The highest BCUT2D eigenvalue weighted by atomic mass is 16.5. The number of carbonyl (C=O) groups excluding carboxylic acids is 2. The molecule has 0 spiro atoms. The first-order chi connectivity index (χ1) is 10.5. The molecule has 0 aliphatic rings. The topological polar surface area (TPSA) is 43.4 Å². The molecule has 0 aliphatic heterocycles. The molecule has 2 rings (SSSR count). The van der Waals surface area contributed by atoms with Crippen molar-refractivity contribution in [1.82, 2.24) is 0 Å². The highest BCUT2D eigenvalue weighted by molar-refractivity contribution is 5.97. The van der Waals surface area contributed by atoms with Crippen LogP contribution in [0.1, 0.15) is 45.2 Å². The second kappa shape index (κ2) is 7.03. The van der Waals surface area contributed by atoms with Crippen molar-refractivity contribution in [3.8, 4) is 5.75 Å². The minimum Gasteiger partial charge on any atom is -0.485 e. The van der Waals surface area contributed by atoms with E-state index < -0.39 is 0 Å². The third-order valence-electron chi connectivity index (χ3n) is 3.70. The zero-order chi connectivity index (χ0) is 16.1. The molecule has 0 bridgehead atoms. The molecule has 2 aromatic rings. The second-order valence-corrected chi connectivity index (χ2v) is 5.31. The molecular formula is C19H20O3. The van der Waals surface area contributed by atoms with Gasteiger partial charge in [-0.1, -0.05) is 19.1 Å². The van der Waals surface area contributed by atoms with Crippen molar-refractivity contribution in [2.75, 3.05) is 6.61 Å². The van der Waals surface area contributed by atoms with Gasteiger partial charge in [-0.25, -0.2) is 0 Å². The summed E-state index contributed by atoms with van der Waals surface area (Å²) in [6, 6.07) is 12.5. The predicted molar refractivity (Wildman–Crippen MR) is 86.8 cm³/mol. The van der Waals surface area contributed by atoms with Crippen LogP contribution in [0.2, 0.25) is 0 Å². The lowest BCUT2D eigenvalue weighted by molar-refractivity contribution is 0.0920. The van der Waals surface area contributed by atoms with Gasteiger partial charge in [0.05, 0.1) is 0 Å². The highest BCUT2D eigenvalue weighted by Crippen LogP contribution is 2.15. The second-order valence-electron chi connectivity index (χ2n) is 5.31. The van der Waals surface area contributed by atoms with Crippen LogP contribution in [-0.2, 0) is 0 Å². The third-order valence-corrected chi connectivity index (χ3v) is 3.70. The number of Topliss-reactive ketones (excluding diaryl/α,β-unsaturated/α-hetero) is 2. The van der Waals surface area contributed by atoms with Crippen LogP contribution in [0, 0.1) is 13.8 Å². The minimum atomic E-state index is -0.0585. The molecule has 114 valence electrons. The van der Waals surface area contributed by atoms with Gasteiger partial charge in [0.2, 0.25) is 0 Å². The van der Waals surface area contributed by atoms with Crippen LogP contribution in [-0.4, -0.2) is 18.2 Å². The summed E-state index contributed by atoms with van der Waals surface area (Å²) in [5.41, 5.74) is 3.57. The first-order valence-corrected chi connectivity index (χ1v) is 7.37. The van der Waals surface area contributed by atoms with E-state index in [4.69, 9.17) is 4.74 Å². The Kier molecular flexibility index (Phi) is 5.10. The maximum absolute atomic E-state index is 12.1. The molecule has 3 nitrogen and oxygen atoms in total. The van der Waals surface area contributed by atoms with Gasteiger partial charge in [-0.3, -0.25) is 9.59 Å². The van der Waals surface area contributed by atoms with Crippen LogP contribution in [0.15, 0.2) is 42.5 Å². The highest BCUT2D eigenvalue weighted by Gasteiger charge is 2.08. The fourth-order valence-electron chi connectivity index (χ4n) is 2.09. The molecule has 0 heterocycles. The van der Waals surface area contributed by atoms with Gasteiger partial charge >= 0.3 is 0 Å². The quantitative estimate of drug-likeness (QED) is 0.752. The van der Waals surface area contributed by atoms with E-state index in [0.29, 0.717) is 23.3 Å². The number of aryl methyl sites for hydroxylation is 2. The summed E-state index contributed by atoms with van der Waals surface area (Å²) in [5, 5.41) is 0. The summed E-state index contributed by atoms with van der Waals surface area (Å²) < 4.78 is 5.50. The van der Waals surface area contributed by atoms with Crippen LogP contribution in [0.4, 0.5) is 0 Å². The van der Waals surface area contributed by atoms with E-state index in [-0.39, 0.29) is 18.2 Å². The van der Waals surface area contributed by atoms with Crippen molar-refractivity contribution in [1.29, 1.82) is 0 Å². The van der Waals surface area contributed by atoms with E-state index in [9.17, 15) is 9.59 Å². The van der Waals surface area contributed by atoms with Gasteiger partial charge in [-0.15, -0.1) is 0 Å². The molecule has 0 saturated heterocycles. The summed E-state index contributed by atoms with van der Waals surface area (Å²) >= 11 is 0. The Balaban J connectivity index is 1.98. The first-order valence-electron chi connectivity index (χ1n) is 7.37. The molecule has 0 unspecified atom stereocenters. The summed E-state index contributed by atoms with van der Waals surface area (Å²) in [4.78, 5) is 23.7. The van der Waals surface area contributed by atoms with E-state index in [2.05, 4.69) is 0 Å². The van der Waals surface area contributed by atoms with Gasteiger partial charge in [0.25, 0.3) is 0 Å². The molecule has 0 aliphatic carbocycles. The van der Waals surface area contributed by atoms with Crippen molar-refractivity contribution in [3.05, 3.63) is 64.7 Å². The van der Waals surface area contributed by atoms with E-state index in [1.54, 1.807) is 24.3 Å².